The fourth-order valence-corrected chi connectivity index (χ4v) is 8.36. The smallest absolute Gasteiger partial charge is 0.249 e. The average molecular weight is 775 g/mol. The number of rotatable bonds is 19. The Hall–Kier alpha value is -4.65. The summed E-state index contributed by atoms with van der Waals surface area (Å²) < 4.78 is 40.5. The largest absolute Gasteiger partial charge is 0.497 e. The minimum absolute atomic E-state index is 0.0834. The van der Waals surface area contributed by atoms with Crippen LogP contribution in [0, 0.1) is 17.6 Å². The van der Waals surface area contributed by atoms with Crippen LogP contribution in [0.4, 0.5) is 8.78 Å². The number of nitrogens with zero attached hydrogens (tertiary/aromatic N) is 2. The lowest BCUT2D eigenvalue weighted by molar-refractivity contribution is -0.143. The molecular weight excluding hydrogens is 719 g/mol. The van der Waals surface area contributed by atoms with Gasteiger partial charge in [0.25, 0.3) is 0 Å². The van der Waals surface area contributed by atoms with Crippen molar-refractivity contribution in [2.45, 2.75) is 102 Å². The van der Waals surface area contributed by atoms with E-state index in [-0.39, 0.29) is 48.8 Å². The van der Waals surface area contributed by atoms with Crippen molar-refractivity contribution >= 4 is 17.7 Å². The number of carbonyl (C=O) groups is 3. The van der Waals surface area contributed by atoms with E-state index in [4.69, 9.17) is 9.47 Å². The SMILES string of the molecule is C=CCO[C@@H]1C[C@H]([C@@H](O)[C@H](Cc2cc(F)cc(F)c2)NC(=O)C(CCc2ccccc2)N2CCC(CC(C)C)(NC(C)=O)C2=O)N(Cc2ccc(OC)cc2)C1. The molecule has 3 aromatic carbocycles. The van der Waals surface area contributed by atoms with Crippen LogP contribution in [0.5, 0.6) is 5.75 Å². The third-order valence-corrected chi connectivity index (χ3v) is 10.8. The van der Waals surface area contributed by atoms with Gasteiger partial charge in [0.2, 0.25) is 17.7 Å². The Kier molecular flexibility index (Phi) is 14.8. The van der Waals surface area contributed by atoms with Gasteiger partial charge in [-0.3, -0.25) is 19.3 Å². The van der Waals surface area contributed by atoms with E-state index in [9.17, 15) is 28.3 Å². The summed E-state index contributed by atoms with van der Waals surface area (Å²) >= 11 is 0. The Morgan fingerprint density at radius 3 is 2.36 bits per heavy atom. The third-order valence-electron chi connectivity index (χ3n) is 10.8. The highest BCUT2D eigenvalue weighted by molar-refractivity contribution is 5.96. The number of aryl methyl sites for hydroxylation is 1. The quantitative estimate of drug-likeness (QED) is 0.140. The number of carbonyl (C=O) groups excluding carboxylic acids is 3. The summed E-state index contributed by atoms with van der Waals surface area (Å²) in [5, 5.41) is 18.3. The summed E-state index contributed by atoms with van der Waals surface area (Å²) in [6.45, 7) is 10.6. The molecule has 0 bridgehead atoms. The maximum atomic E-state index is 14.7. The average Bonchev–Trinajstić information content (AvgIpc) is 3.69. The summed E-state index contributed by atoms with van der Waals surface area (Å²) in [5.41, 5.74) is 1.04. The molecule has 2 aliphatic rings. The van der Waals surface area contributed by atoms with E-state index >= 15 is 0 Å². The predicted molar refractivity (Wildman–Crippen MR) is 211 cm³/mol. The van der Waals surface area contributed by atoms with E-state index < -0.39 is 47.3 Å². The Morgan fingerprint density at radius 2 is 1.73 bits per heavy atom. The molecule has 3 N–H and O–H groups in total. The van der Waals surface area contributed by atoms with Crippen LogP contribution >= 0.6 is 0 Å². The highest BCUT2D eigenvalue weighted by Crippen LogP contribution is 2.33. The number of likely N-dealkylation sites (tertiary alicyclic amines) is 2. The van der Waals surface area contributed by atoms with Gasteiger partial charge in [-0.15, -0.1) is 6.58 Å². The van der Waals surface area contributed by atoms with Crippen LogP contribution in [0.15, 0.2) is 85.5 Å². The number of hydrogen-bond acceptors (Lipinski definition) is 7. The number of hydrogen-bond donors (Lipinski definition) is 3. The van der Waals surface area contributed by atoms with E-state index in [1.165, 1.54) is 19.1 Å². The Morgan fingerprint density at radius 1 is 1.04 bits per heavy atom. The molecule has 302 valence electrons. The number of nitrogens with one attached hydrogen (secondary N) is 2. The molecule has 0 spiro atoms. The molecule has 2 heterocycles. The first-order valence-electron chi connectivity index (χ1n) is 19.5. The number of amides is 3. The molecule has 2 fully saturated rings. The van der Waals surface area contributed by atoms with Gasteiger partial charge in [0.15, 0.2) is 0 Å². The number of benzene rings is 3. The molecule has 3 aromatic rings. The van der Waals surface area contributed by atoms with Gasteiger partial charge < -0.3 is 30.1 Å². The topological polar surface area (TPSA) is 120 Å². The van der Waals surface area contributed by atoms with Crippen molar-refractivity contribution in [1.82, 2.24) is 20.4 Å². The molecule has 56 heavy (non-hydrogen) atoms. The lowest BCUT2D eigenvalue weighted by atomic mass is 9.87. The van der Waals surface area contributed by atoms with Crippen molar-refractivity contribution < 1.29 is 37.7 Å². The normalized spacial score (nSPS) is 21.5. The van der Waals surface area contributed by atoms with E-state index in [1.807, 2.05) is 68.4 Å². The molecule has 12 heteroatoms. The second-order valence-corrected chi connectivity index (χ2v) is 15.6. The predicted octanol–water partition coefficient (Wildman–Crippen LogP) is 5.36. The van der Waals surface area contributed by atoms with Crippen LogP contribution in [0.25, 0.3) is 0 Å². The molecule has 0 radical (unpaired) electrons. The van der Waals surface area contributed by atoms with E-state index in [0.717, 1.165) is 17.2 Å². The monoisotopic (exact) mass is 774 g/mol. The highest BCUT2D eigenvalue weighted by atomic mass is 19.1. The summed E-state index contributed by atoms with van der Waals surface area (Å²) in [4.78, 5) is 45.2. The third kappa shape index (κ3) is 11.0. The van der Waals surface area contributed by atoms with Crippen LogP contribution in [0.2, 0.25) is 0 Å². The van der Waals surface area contributed by atoms with E-state index in [0.29, 0.717) is 51.1 Å². The lowest BCUT2D eigenvalue weighted by Crippen LogP contribution is -2.59. The van der Waals surface area contributed by atoms with Gasteiger partial charge in [0, 0.05) is 38.7 Å². The second-order valence-electron chi connectivity index (χ2n) is 15.6. The summed E-state index contributed by atoms with van der Waals surface area (Å²) in [6, 6.07) is 17.9. The maximum Gasteiger partial charge on any atom is 0.249 e. The molecule has 2 saturated heterocycles. The van der Waals surface area contributed by atoms with Crippen molar-refractivity contribution in [2.24, 2.45) is 5.92 Å². The van der Waals surface area contributed by atoms with Crippen LogP contribution < -0.4 is 15.4 Å². The second kappa shape index (κ2) is 19.5. The van der Waals surface area contributed by atoms with Crippen molar-refractivity contribution in [3.05, 3.63) is 114 Å². The minimum atomic E-state index is -1.22. The zero-order valence-electron chi connectivity index (χ0n) is 32.9. The first-order chi connectivity index (χ1) is 26.8. The van der Waals surface area contributed by atoms with Crippen molar-refractivity contribution in [2.75, 3.05) is 26.8 Å². The number of methoxy groups -OCH3 is 1. The van der Waals surface area contributed by atoms with Gasteiger partial charge in [-0.25, -0.2) is 8.78 Å². The number of ether oxygens (including phenoxy) is 2. The Labute approximate surface area is 329 Å². The van der Waals surface area contributed by atoms with E-state index in [2.05, 4.69) is 22.1 Å². The zero-order chi connectivity index (χ0) is 40.4. The molecule has 10 nitrogen and oxygen atoms in total. The van der Waals surface area contributed by atoms with Gasteiger partial charge in [-0.05, 0) is 85.4 Å². The molecule has 6 atom stereocenters. The van der Waals surface area contributed by atoms with Crippen molar-refractivity contribution in [3.63, 3.8) is 0 Å². The van der Waals surface area contributed by atoms with Crippen molar-refractivity contribution in [3.8, 4) is 5.75 Å². The number of halogens is 2. The van der Waals surface area contributed by atoms with Crippen molar-refractivity contribution in [1.29, 1.82) is 0 Å². The molecule has 0 aliphatic carbocycles. The summed E-state index contributed by atoms with van der Waals surface area (Å²) in [7, 11) is 1.60. The lowest BCUT2D eigenvalue weighted by Gasteiger charge is -2.36. The Bertz CT molecular complexity index is 1770. The molecule has 2 aliphatic heterocycles. The molecule has 3 amide bonds. The van der Waals surface area contributed by atoms with Gasteiger partial charge in [-0.2, -0.15) is 0 Å². The molecule has 2 unspecified atom stereocenters. The zero-order valence-corrected chi connectivity index (χ0v) is 32.9. The van der Waals surface area contributed by atoms with Gasteiger partial charge >= 0.3 is 0 Å². The summed E-state index contributed by atoms with van der Waals surface area (Å²) in [5.74, 6) is -1.92. The summed E-state index contributed by atoms with van der Waals surface area (Å²) in [6.07, 6.45) is 2.01. The molecule has 0 saturated carbocycles. The van der Waals surface area contributed by atoms with Crippen LogP contribution in [0.3, 0.4) is 0 Å². The fraction of sp³-hybridized carbons (Fsp3) is 0.477. The standard InChI is InChI=1S/C44H56F2N4O6/c1-6-20-56-37-25-40(49(28-37)27-32-12-15-36(55-5)16-13-32)41(52)38(23-33-21-34(45)24-35(46)22-33)47-42(53)39(17-14-31-10-8-7-9-11-31)50-19-18-44(43(50)54,26-29(2)3)48-30(4)51/h6-13,15-16,21-22,24,29,37-41,52H,1,14,17-20,23,25-28H2,2-5H3,(H,47,53)(H,48,51)/t37-,38+,39?,40-,41+,44?/m1/s1. The van der Waals surface area contributed by atoms with Gasteiger partial charge in [-0.1, -0.05) is 62.4 Å². The van der Waals surface area contributed by atoms with Gasteiger partial charge in [0.05, 0.1) is 32.0 Å². The minimum Gasteiger partial charge on any atom is -0.497 e. The highest BCUT2D eigenvalue weighted by Gasteiger charge is 2.51. The van der Waals surface area contributed by atoms with Crippen LogP contribution in [-0.2, 0) is 38.5 Å². The maximum absolute atomic E-state index is 14.7. The molecule has 0 aromatic heterocycles. The number of aliphatic hydroxyl groups excluding tert-OH is 1. The molecular formula is C44H56F2N4O6. The van der Waals surface area contributed by atoms with E-state index in [1.54, 1.807) is 18.1 Å². The Balaban J connectivity index is 1.48. The molecule has 5 rings (SSSR count). The fourth-order valence-electron chi connectivity index (χ4n) is 8.36. The first kappa shape index (κ1) is 42.5. The van der Waals surface area contributed by atoms with Gasteiger partial charge in [0.1, 0.15) is 29.0 Å². The van der Waals surface area contributed by atoms with Crippen LogP contribution in [-0.4, -0.2) is 95.3 Å². The van der Waals surface area contributed by atoms with Crippen LogP contribution in [0.1, 0.15) is 63.1 Å². The number of aliphatic hydroxyl groups is 1. The first-order valence-corrected chi connectivity index (χ1v) is 19.5.